The number of hydrogen-bond donors (Lipinski definition) is 1. The Bertz CT molecular complexity index is 354. The lowest BCUT2D eigenvalue weighted by Gasteiger charge is -2.13. The Labute approximate surface area is 116 Å². The first kappa shape index (κ1) is 15.9. The number of hydrogen-bond acceptors (Lipinski definition) is 4. The molecule has 0 fully saturated rings. The van der Waals surface area contributed by atoms with Gasteiger partial charge >= 0.3 is 0 Å². The zero-order chi connectivity index (χ0) is 14.1. The largest absolute Gasteiger partial charge is 0.489 e. The third-order valence-corrected chi connectivity index (χ3v) is 2.53. The summed E-state index contributed by atoms with van der Waals surface area (Å²) in [5, 5.41) is 3.41. The second-order valence-electron chi connectivity index (χ2n) is 5.28. The van der Waals surface area contributed by atoms with Gasteiger partial charge in [0.15, 0.2) is 0 Å². The fraction of sp³-hybridized carbons (Fsp3) is 0.667. The van der Waals surface area contributed by atoms with E-state index in [1.165, 1.54) is 0 Å². The van der Waals surface area contributed by atoms with Gasteiger partial charge in [0.1, 0.15) is 12.4 Å². The topological polar surface area (TPSA) is 43.4 Å². The maximum atomic E-state index is 5.72. The van der Waals surface area contributed by atoms with Gasteiger partial charge in [-0.15, -0.1) is 0 Å². The first-order valence-electron chi connectivity index (χ1n) is 6.97. The summed E-state index contributed by atoms with van der Waals surface area (Å²) in [6.45, 7) is 11.4. The second-order valence-corrected chi connectivity index (χ2v) is 5.28. The molecule has 108 valence electrons. The maximum Gasteiger partial charge on any atom is 0.142 e. The molecule has 0 aliphatic rings. The standard InChI is InChI=1S/C15H26N2O2/c1-12(2)9-17-10-14-5-6-16-11-15(14)19-8-7-18-13(3)4/h5-6,11-13,17H,7-10H2,1-4H3. The highest BCUT2D eigenvalue weighted by Crippen LogP contribution is 2.16. The van der Waals surface area contributed by atoms with Gasteiger partial charge < -0.3 is 14.8 Å². The van der Waals surface area contributed by atoms with Crippen LogP contribution in [0.5, 0.6) is 5.75 Å². The quantitative estimate of drug-likeness (QED) is 0.698. The van der Waals surface area contributed by atoms with Crippen molar-refractivity contribution in [2.45, 2.75) is 40.3 Å². The minimum Gasteiger partial charge on any atom is -0.489 e. The van der Waals surface area contributed by atoms with Gasteiger partial charge in [0.05, 0.1) is 18.9 Å². The molecular formula is C15H26N2O2. The number of rotatable bonds is 9. The Hall–Kier alpha value is -1.13. The van der Waals surface area contributed by atoms with Crippen molar-refractivity contribution in [2.75, 3.05) is 19.8 Å². The van der Waals surface area contributed by atoms with Crippen LogP contribution < -0.4 is 10.1 Å². The highest BCUT2D eigenvalue weighted by Gasteiger charge is 2.04. The Morgan fingerprint density at radius 2 is 2.00 bits per heavy atom. The van der Waals surface area contributed by atoms with E-state index < -0.39 is 0 Å². The lowest BCUT2D eigenvalue weighted by atomic mass is 10.2. The van der Waals surface area contributed by atoms with E-state index in [9.17, 15) is 0 Å². The molecule has 0 saturated heterocycles. The zero-order valence-electron chi connectivity index (χ0n) is 12.5. The summed E-state index contributed by atoms with van der Waals surface area (Å²) in [7, 11) is 0. The molecule has 0 atom stereocenters. The van der Waals surface area contributed by atoms with Gasteiger partial charge in [-0.2, -0.15) is 0 Å². The smallest absolute Gasteiger partial charge is 0.142 e. The van der Waals surface area contributed by atoms with E-state index in [-0.39, 0.29) is 6.10 Å². The van der Waals surface area contributed by atoms with Crippen molar-refractivity contribution >= 4 is 0 Å². The first-order valence-corrected chi connectivity index (χ1v) is 6.97. The fourth-order valence-corrected chi connectivity index (χ4v) is 1.62. The van der Waals surface area contributed by atoms with E-state index >= 15 is 0 Å². The van der Waals surface area contributed by atoms with Crippen LogP contribution in [-0.2, 0) is 11.3 Å². The molecule has 0 saturated carbocycles. The lowest BCUT2D eigenvalue weighted by molar-refractivity contribution is 0.0549. The molecule has 0 spiro atoms. The molecule has 0 unspecified atom stereocenters. The molecule has 0 radical (unpaired) electrons. The lowest BCUT2D eigenvalue weighted by Crippen LogP contribution is -2.20. The molecule has 1 aromatic rings. The minimum atomic E-state index is 0.240. The summed E-state index contributed by atoms with van der Waals surface area (Å²) >= 11 is 0. The van der Waals surface area contributed by atoms with Crippen molar-refractivity contribution in [1.82, 2.24) is 10.3 Å². The number of ether oxygens (including phenoxy) is 2. The third-order valence-electron chi connectivity index (χ3n) is 2.53. The molecule has 0 amide bonds. The van der Waals surface area contributed by atoms with Crippen molar-refractivity contribution in [1.29, 1.82) is 0 Å². The van der Waals surface area contributed by atoms with Crippen molar-refractivity contribution in [3.05, 3.63) is 24.0 Å². The van der Waals surface area contributed by atoms with Gasteiger partial charge in [0, 0.05) is 18.3 Å². The van der Waals surface area contributed by atoms with Crippen LogP contribution in [0.2, 0.25) is 0 Å². The number of nitrogens with zero attached hydrogens (tertiary/aromatic N) is 1. The molecule has 0 aromatic carbocycles. The van der Waals surface area contributed by atoms with Crippen LogP contribution in [0.25, 0.3) is 0 Å². The van der Waals surface area contributed by atoms with Crippen molar-refractivity contribution in [2.24, 2.45) is 5.92 Å². The van der Waals surface area contributed by atoms with Gasteiger partial charge in [-0.05, 0) is 32.4 Å². The Morgan fingerprint density at radius 3 is 2.68 bits per heavy atom. The average Bonchev–Trinajstić information content (AvgIpc) is 2.35. The highest BCUT2D eigenvalue weighted by atomic mass is 16.5. The zero-order valence-corrected chi connectivity index (χ0v) is 12.5. The molecule has 0 aliphatic heterocycles. The monoisotopic (exact) mass is 266 g/mol. The Balaban J connectivity index is 2.39. The predicted octanol–water partition coefficient (Wildman–Crippen LogP) is 2.63. The highest BCUT2D eigenvalue weighted by molar-refractivity contribution is 5.29. The molecule has 0 bridgehead atoms. The molecule has 4 heteroatoms. The van der Waals surface area contributed by atoms with E-state index in [1.54, 1.807) is 12.4 Å². The van der Waals surface area contributed by atoms with Gasteiger partial charge in [0.25, 0.3) is 0 Å². The Morgan fingerprint density at radius 1 is 1.21 bits per heavy atom. The molecule has 1 rings (SSSR count). The average molecular weight is 266 g/mol. The van der Waals surface area contributed by atoms with Crippen LogP contribution in [0.15, 0.2) is 18.5 Å². The summed E-state index contributed by atoms with van der Waals surface area (Å²) < 4.78 is 11.2. The number of nitrogens with one attached hydrogen (secondary N) is 1. The molecule has 0 aliphatic carbocycles. The summed E-state index contributed by atoms with van der Waals surface area (Å²) in [4.78, 5) is 4.11. The Kier molecular flexibility index (Phi) is 7.45. The number of aromatic nitrogens is 1. The number of pyridine rings is 1. The third kappa shape index (κ3) is 7.13. The van der Waals surface area contributed by atoms with Crippen molar-refractivity contribution in [3.8, 4) is 5.75 Å². The SMILES string of the molecule is CC(C)CNCc1ccncc1OCCOC(C)C. The van der Waals surface area contributed by atoms with Crippen LogP contribution >= 0.6 is 0 Å². The van der Waals surface area contributed by atoms with Crippen LogP contribution in [0, 0.1) is 5.92 Å². The van der Waals surface area contributed by atoms with Gasteiger partial charge in [0.2, 0.25) is 0 Å². The summed E-state index contributed by atoms with van der Waals surface area (Å²) in [6, 6.07) is 1.99. The normalized spacial score (nSPS) is 11.3. The maximum absolute atomic E-state index is 5.72. The van der Waals surface area contributed by atoms with Gasteiger partial charge in [-0.3, -0.25) is 4.98 Å². The van der Waals surface area contributed by atoms with Crippen molar-refractivity contribution in [3.63, 3.8) is 0 Å². The van der Waals surface area contributed by atoms with Gasteiger partial charge in [-0.1, -0.05) is 13.8 Å². The van der Waals surface area contributed by atoms with Crippen LogP contribution in [0.3, 0.4) is 0 Å². The van der Waals surface area contributed by atoms with Gasteiger partial charge in [-0.25, -0.2) is 0 Å². The molecule has 4 nitrogen and oxygen atoms in total. The van der Waals surface area contributed by atoms with E-state index in [0.717, 1.165) is 24.4 Å². The minimum absolute atomic E-state index is 0.240. The first-order chi connectivity index (χ1) is 9.09. The van der Waals surface area contributed by atoms with E-state index in [2.05, 4.69) is 24.1 Å². The fourth-order valence-electron chi connectivity index (χ4n) is 1.62. The predicted molar refractivity (Wildman–Crippen MR) is 77.4 cm³/mol. The van der Waals surface area contributed by atoms with Crippen LogP contribution in [0.1, 0.15) is 33.3 Å². The molecule has 1 heterocycles. The molecular weight excluding hydrogens is 240 g/mol. The summed E-state index contributed by atoms with van der Waals surface area (Å²) in [6.07, 6.45) is 3.80. The molecule has 1 N–H and O–H groups in total. The van der Waals surface area contributed by atoms with Crippen molar-refractivity contribution < 1.29 is 9.47 Å². The van der Waals surface area contributed by atoms with E-state index in [0.29, 0.717) is 19.1 Å². The van der Waals surface area contributed by atoms with Crippen LogP contribution in [0.4, 0.5) is 0 Å². The molecule has 1 aromatic heterocycles. The van der Waals surface area contributed by atoms with E-state index in [4.69, 9.17) is 9.47 Å². The summed E-state index contributed by atoms with van der Waals surface area (Å²) in [5.41, 5.74) is 1.14. The summed E-state index contributed by atoms with van der Waals surface area (Å²) in [5.74, 6) is 1.48. The molecule has 19 heavy (non-hydrogen) atoms. The van der Waals surface area contributed by atoms with E-state index in [1.807, 2.05) is 19.9 Å². The van der Waals surface area contributed by atoms with Crippen LogP contribution in [-0.4, -0.2) is 30.8 Å². The second kappa shape index (κ2) is 8.88.